The first-order valence-corrected chi connectivity index (χ1v) is 10.0. The molecular formula is C22H30N6O. The Morgan fingerprint density at radius 3 is 2.31 bits per heavy atom. The third-order valence-electron chi connectivity index (χ3n) is 5.08. The molecule has 0 saturated carbocycles. The van der Waals surface area contributed by atoms with Crippen molar-refractivity contribution in [2.45, 2.75) is 54.2 Å². The number of anilines is 1. The van der Waals surface area contributed by atoms with Crippen LogP contribution in [0.2, 0.25) is 0 Å². The highest BCUT2D eigenvalue weighted by molar-refractivity contribution is 5.60. The molecule has 3 aromatic heterocycles. The van der Waals surface area contributed by atoms with E-state index < -0.39 is 0 Å². The Labute approximate surface area is 172 Å². The summed E-state index contributed by atoms with van der Waals surface area (Å²) >= 11 is 0. The average molecular weight is 395 g/mol. The number of hydrogen-bond acceptors (Lipinski definition) is 6. The van der Waals surface area contributed by atoms with E-state index in [2.05, 4.69) is 53.2 Å². The van der Waals surface area contributed by atoms with Crippen molar-refractivity contribution < 1.29 is 5.11 Å². The maximum Gasteiger partial charge on any atom is 0.151 e. The van der Waals surface area contributed by atoms with Crippen LogP contribution in [-0.2, 0) is 6.61 Å². The van der Waals surface area contributed by atoms with E-state index in [1.54, 1.807) is 6.33 Å². The Morgan fingerprint density at radius 2 is 1.76 bits per heavy atom. The van der Waals surface area contributed by atoms with Gasteiger partial charge in [0, 0.05) is 12.2 Å². The molecule has 7 heteroatoms. The molecule has 0 fully saturated rings. The lowest BCUT2D eigenvalue weighted by Gasteiger charge is -2.27. The second-order valence-corrected chi connectivity index (χ2v) is 8.16. The highest BCUT2D eigenvalue weighted by Crippen LogP contribution is 2.24. The molecule has 0 aliphatic rings. The Bertz CT molecular complexity index is 971. The van der Waals surface area contributed by atoms with E-state index in [9.17, 15) is 5.11 Å². The van der Waals surface area contributed by atoms with E-state index in [-0.39, 0.29) is 6.61 Å². The first kappa shape index (κ1) is 20.9. The fourth-order valence-electron chi connectivity index (χ4n) is 3.55. The molecule has 0 amide bonds. The third kappa shape index (κ3) is 4.62. The molecule has 154 valence electrons. The molecule has 7 nitrogen and oxygen atoms in total. The fourth-order valence-corrected chi connectivity index (χ4v) is 3.55. The van der Waals surface area contributed by atoms with Gasteiger partial charge in [-0.3, -0.25) is 0 Å². The van der Waals surface area contributed by atoms with Gasteiger partial charge >= 0.3 is 0 Å². The van der Waals surface area contributed by atoms with Crippen LogP contribution in [0.4, 0.5) is 5.82 Å². The van der Waals surface area contributed by atoms with Crippen LogP contribution in [0.3, 0.4) is 0 Å². The van der Waals surface area contributed by atoms with E-state index >= 15 is 0 Å². The number of aryl methyl sites for hydroxylation is 2. The molecule has 3 heterocycles. The molecule has 0 aliphatic heterocycles. The van der Waals surface area contributed by atoms with Gasteiger partial charge in [0.05, 0.1) is 35.7 Å². The number of aromatic nitrogens is 5. The summed E-state index contributed by atoms with van der Waals surface area (Å²) in [6.45, 7) is 12.6. The van der Waals surface area contributed by atoms with Crippen LogP contribution in [0.1, 0.15) is 44.6 Å². The van der Waals surface area contributed by atoms with Crippen molar-refractivity contribution >= 4 is 5.82 Å². The first-order chi connectivity index (χ1) is 13.8. The lowest BCUT2D eigenvalue weighted by atomic mass is 9.93. The molecule has 0 bridgehead atoms. The van der Waals surface area contributed by atoms with Gasteiger partial charge in [0.2, 0.25) is 0 Å². The van der Waals surface area contributed by atoms with Gasteiger partial charge in [-0.15, -0.1) is 10.2 Å². The monoisotopic (exact) mass is 394 g/mol. The minimum Gasteiger partial charge on any atom is -0.390 e. The summed E-state index contributed by atoms with van der Waals surface area (Å²) in [5, 5.41) is 22.2. The summed E-state index contributed by atoms with van der Waals surface area (Å²) < 4.78 is 1.86. The molecule has 0 aliphatic carbocycles. The molecule has 0 atom stereocenters. The van der Waals surface area contributed by atoms with Crippen molar-refractivity contribution in [1.29, 1.82) is 0 Å². The third-order valence-corrected chi connectivity index (χ3v) is 5.08. The van der Waals surface area contributed by atoms with Gasteiger partial charge in [-0.25, -0.2) is 9.97 Å². The molecule has 29 heavy (non-hydrogen) atoms. The topological polar surface area (TPSA) is 88.8 Å². The summed E-state index contributed by atoms with van der Waals surface area (Å²) in [5.74, 6) is 1.78. The zero-order chi connectivity index (χ0) is 21.1. The fraction of sp³-hybridized carbons (Fsp3) is 0.455. The number of hydrogen-bond donors (Lipinski definition) is 2. The van der Waals surface area contributed by atoms with Crippen LogP contribution in [0.15, 0.2) is 30.7 Å². The van der Waals surface area contributed by atoms with E-state index in [0.29, 0.717) is 35.0 Å². The predicted molar refractivity (Wildman–Crippen MR) is 115 cm³/mol. The van der Waals surface area contributed by atoms with Crippen molar-refractivity contribution in [1.82, 2.24) is 24.7 Å². The van der Waals surface area contributed by atoms with E-state index in [4.69, 9.17) is 0 Å². The number of nitrogens with one attached hydrogen (secondary N) is 1. The smallest absolute Gasteiger partial charge is 0.151 e. The molecule has 2 N–H and O–H groups in total. The van der Waals surface area contributed by atoms with Crippen LogP contribution < -0.4 is 5.32 Å². The molecular weight excluding hydrogens is 364 g/mol. The molecule has 0 saturated heterocycles. The van der Waals surface area contributed by atoms with Crippen LogP contribution in [0.5, 0.6) is 0 Å². The van der Waals surface area contributed by atoms with E-state index in [1.165, 1.54) is 0 Å². The lowest BCUT2D eigenvalue weighted by Crippen LogP contribution is -2.32. The van der Waals surface area contributed by atoms with Gasteiger partial charge in [0.25, 0.3) is 0 Å². The molecule has 0 unspecified atom stereocenters. The van der Waals surface area contributed by atoms with E-state index in [0.717, 1.165) is 22.8 Å². The SMILES string of the molecule is Cc1cn(-c2ccc(-c3cc(C)c(NC(C(C)C)C(C)C)nn3)nc2CO)cn1. The Hall–Kier alpha value is -2.80. The number of imidazole rings is 1. The quantitative estimate of drug-likeness (QED) is 0.631. The van der Waals surface area contributed by atoms with Crippen molar-refractivity contribution in [2.24, 2.45) is 11.8 Å². The standard InChI is InChI=1S/C22H30N6O/c1-13(2)21(14(3)4)25-22-15(5)9-18(26-27-22)17-7-8-20(19(11-29)24-17)28-10-16(6)23-12-28/h7-10,12-14,21,29H,11H2,1-6H3,(H,25,27). The van der Waals surface area contributed by atoms with E-state index in [1.807, 2.05) is 42.8 Å². The van der Waals surface area contributed by atoms with Crippen molar-refractivity contribution in [2.75, 3.05) is 5.32 Å². The van der Waals surface area contributed by atoms with Crippen LogP contribution in [-0.4, -0.2) is 35.9 Å². The van der Waals surface area contributed by atoms with Crippen molar-refractivity contribution in [3.63, 3.8) is 0 Å². The second-order valence-electron chi connectivity index (χ2n) is 8.16. The van der Waals surface area contributed by atoms with Gasteiger partial charge in [0.15, 0.2) is 5.82 Å². The number of pyridine rings is 1. The minimum atomic E-state index is -0.170. The summed E-state index contributed by atoms with van der Waals surface area (Å²) in [4.78, 5) is 8.86. The number of aliphatic hydroxyl groups excluding tert-OH is 1. The summed E-state index contributed by atoms with van der Waals surface area (Å²) in [7, 11) is 0. The zero-order valence-corrected chi connectivity index (χ0v) is 18.0. The van der Waals surface area contributed by atoms with Crippen molar-refractivity contribution in [3.05, 3.63) is 47.7 Å². The lowest BCUT2D eigenvalue weighted by molar-refractivity contribution is 0.276. The molecule has 0 radical (unpaired) electrons. The van der Waals surface area contributed by atoms with Gasteiger partial charge < -0.3 is 15.0 Å². The zero-order valence-electron chi connectivity index (χ0n) is 18.0. The molecule has 3 rings (SSSR count). The van der Waals surface area contributed by atoms with Crippen LogP contribution >= 0.6 is 0 Å². The largest absolute Gasteiger partial charge is 0.390 e. The summed E-state index contributed by atoms with van der Waals surface area (Å²) in [5.41, 5.74) is 4.66. The summed E-state index contributed by atoms with van der Waals surface area (Å²) in [6, 6.07) is 6.13. The van der Waals surface area contributed by atoms with Gasteiger partial charge in [-0.05, 0) is 49.4 Å². The predicted octanol–water partition coefficient (Wildman–Crippen LogP) is 3.93. The Balaban J connectivity index is 1.90. The number of nitrogens with zero attached hydrogens (tertiary/aromatic N) is 5. The van der Waals surface area contributed by atoms with Gasteiger partial charge in [-0.2, -0.15) is 0 Å². The molecule has 3 aromatic rings. The number of rotatable bonds is 7. The normalized spacial score (nSPS) is 11.7. The van der Waals surface area contributed by atoms with Crippen molar-refractivity contribution in [3.8, 4) is 17.1 Å². The highest BCUT2D eigenvalue weighted by Gasteiger charge is 2.19. The number of aliphatic hydroxyl groups is 1. The van der Waals surface area contributed by atoms with Crippen LogP contribution in [0.25, 0.3) is 17.1 Å². The maximum absolute atomic E-state index is 9.82. The highest BCUT2D eigenvalue weighted by atomic mass is 16.3. The van der Waals surface area contributed by atoms with Gasteiger partial charge in [0.1, 0.15) is 5.69 Å². The Kier molecular flexibility index (Phi) is 6.27. The average Bonchev–Trinajstić information content (AvgIpc) is 3.12. The summed E-state index contributed by atoms with van der Waals surface area (Å²) in [6.07, 6.45) is 3.62. The first-order valence-electron chi connectivity index (χ1n) is 10.0. The second kappa shape index (κ2) is 8.69. The van der Waals surface area contributed by atoms with Crippen LogP contribution in [0, 0.1) is 25.7 Å². The molecule has 0 spiro atoms. The Morgan fingerprint density at radius 1 is 1.03 bits per heavy atom. The van der Waals surface area contributed by atoms with Gasteiger partial charge in [-0.1, -0.05) is 27.7 Å². The maximum atomic E-state index is 9.82. The minimum absolute atomic E-state index is 0.170. The molecule has 0 aromatic carbocycles.